The third kappa shape index (κ3) is 19.5. The molecular weight excluding hydrogens is 296 g/mol. The third-order valence-corrected chi connectivity index (χ3v) is 4.49. The van der Waals surface area contributed by atoms with Crippen molar-refractivity contribution < 1.29 is 9.53 Å². The predicted octanol–water partition coefficient (Wildman–Crippen LogP) is 7.30. The number of rotatable bonds is 17. The molecule has 0 amide bonds. The summed E-state index contributed by atoms with van der Waals surface area (Å²) in [5.74, 6) is 1.29. The fourth-order valence-electron chi connectivity index (χ4n) is 2.92. The number of carbonyl (C=O) groups is 1. The molecule has 0 saturated carbocycles. The van der Waals surface area contributed by atoms with Crippen molar-refractivity contribution in [1.29, 1.82) is 0 Å². The minimum Gasteiger partial charge on any atom is -0.465 e. The van der Waals surface area contributed by atoms with Crippen LogP contribution >= 0.6 is 0 Å². The quantitative estimate of drug-likeness (QED) is 0.205. The van der Waals surface area contributed by atoms with Gasteiger partial charge in [0, 0.05) is 6.42 Å². The zero-order chi connectivity index (χ0) is 18.0. The highest BCUT2D eigenvalue weighted by atomic mass is 16.5. The Hall–Kier alpha value is -0.530. The Morgan fingerprint density at radius 3 is 1.46 bits per heavy atom. The van der Waals surface area contributed by atoms with E-state index in [1.807, 2.05) is 0 Å². The van der Waals surface area contributed by atoms with Gasteiger partial charge in [-0.25, -0.2) is 0 Å². The lowest BCUT2D eigenvalue weighted by atomic mass is 10.0. The summed E-state index contributed by atoms with van der Waals surface area (Å²) in [4.78, 5) is 11.5. The van der Waals surface area contributed by atoms with Gasteiger partial charge >= 0.3 is 5.97 Å². The Labute approximate surface area is 152 Å². The standard InChI is InChI=1S/C22H44O2/c1-20(2)17-15-13-11-9-7-5-6-8-10-12-14-16-18-22(23)24-19-21(3)4/h20-21H,5-19H2,1-4H3. The zero-order valence-electron chi connectivity index (χ0n) is 17.1. The molecular formula is C22H44O2. The number of hydrogen-bond donors (Lipinski definition) is 0. The fraction of sp³-hybridized carbons (Fsp3) is 0.955. The van der Waals surface area contributed by atoms with E-state index < -0.39 is 0 Å². The van der Waals surface area contributed by atoms with E-state index in [-0.39, 0.29) is 5.97 Å². The van der Waals surface area contributed by atoms with Crippen molar-refractivity contribution in [2.75, 3.05) is 6.61 Å². The molecule has 24 heavy (non-hydrogen) atoms. The first kappa shape index (κ1) is 23.5. The van der Waals surface area contributed by atoms with Crippen LogP contribution in [0.15, 0.2) is 0 Å². The summed E-state index contributed by atoms with van der Waals surface area (Å²) < 4.78 is 5.18. The molecule has 0 saturated heterocycles. The van der Waals surface area contributed by atoms with Crippen LogP contribution < -0.4 is 0 Å². The summed E-state index contributed by atoms with van der Waals surface area (Å²) >= 11 is 0. The molecule has 0 unspecified atom stereocenters. The Balaban J connectivity index is 3.11. The van der Waals surface area contributed by atoms with E-state index in [1.165, 1.54) is 77.0 Å². The van der Waals surface area contributed by atoms with Crippen LogP contribution in [-0.4, -0.2) is 12.6 Å². The maximum Gasteiger partial charge on any atom is 0.305 e. The Morgan fingerprint density at radius 2 is 1.04 bits per heavy atom. The lowest BCUT2D eigenvalue weighted by Gasteiger charge is -2.07. The van der Waals surface area contributed by atoms with Gasteiger partial charge in [0.2, 0.25) is 0 Å². The lowest BCUT2D eigenvalue weighted by molar-refractivity contribution is -0.144. The van der Waals surface area contributed by atoms with Gasteiger partial charge in [0.1, 0.15) is 0 Å². The molecule has 0 heterocycles. The van der Waals surface area contributed by atoms with E-state index in [0.29, 0.717) is 18.9 Å². The van der Waals surface area contributed by atoms with Crippen molar-refractivity contribution in [3.63, 3.8) is 0 Å². The highest BCUT2D eigenvalue weighted by Crippen LogP contribution is 2.14. The maximum absolute atomic E-state index is 11.5. The second-order valence-corrected chi connectivity index (χ2v) is 8.25. The number of hydrogen-bond acceptors (Lipinski definition) is 2. The van der Waals surface area contributed by atoms with Gasteiger partial charge in [0.15, 0.2) is 0 Å². The van der Waals surface area contributed by atoms with Crippen LogP contribution in [0.4, 0.5) is 0 Å². The van der Waals surface area contributed by atoms with Gasteiger partial charge in [-0.1, -0.05) is 105 Å². The molecule has 2 nitrogen and oxygen atoms in total. The smallest absolute Gasteiger partial charge is 0.305 e. The Morgan fingerprint density at radius 1 is 0.625 bits per heavy atom. The molecule has 2 heteroatoms. The average molecular weight is 341 g/mol. The summed E-state index contributed by atoms with van der Waals surface area (Å²) in [5, 5.41) is 0. The molecule has 0 aliphatic rings. The molecule has 0 aromatic carbocycles. The predicted molar refractivity (Wildman–Crippen MR) is 105 cm³/mol. The van der Waals surface area contributed by atoms with Crippen LogP contribution in [0.25, 0.3) is 0 Å². The number of carbonyl (C=O) groups excluding carboxylic acids is 1. The zero-order valence-corrected chi connectivity index (χ0v) is 17.1. The Bertz CT molecular complexity index is 271. The van der Waals surface area contributed by atoms with E-state index in [9.17, 15) is 4.79 Å². The van der Waals surface area contributed by atoms with E-state index in [0.717, 1.165) is 12.3 Å². The van der Waals surface area contributed by atoms with Crippen molar-refractivity contribution in [3.05, 3.63) is 0 Å². The van der Waals surface area contributed by atoms with Crippen molar-refractivity contribution in [1.82, 2.24) is 0 Å². The summed E-state index contributed by atoms with van der Waals surface area (Å²) in [6, 6.07) is 0. The molecule has 0 radical (unpaired) electrons. The van der Waals surface area contributed by atoms with Crippen molar-refractivity contribution in [2.24, 2.45) is 11.8 Å². The molecule has 0 bridgehead atoms. The van der Waals surface area contributed by atoms with Crippen LogP contribution in [0.5, 0.6) is 0 Å². The first-order valence-corrected chi connectivity index (χ1v) is 10.7. The molecule has 0 atom stereocenters. The van der Waals surface area contributed by atoms with Crippen LogP contribution in [0, 0.1) is 11.8 Å². The summed E-state index contributed by atoms with van der Waals surface area (Å²) in [5.41, 5.74) is 0. The highest BCUT2D eigenvalue weighted by Gasteiger charge is 2.03. The topological polar surface area (TPSA) is 26.3 Å². The van der Waals surface area contributed by atoms with Gasteiger partial charge in [-0.2, -0.15) is 0 Å². The van der Waals surface area contributed by atoms with Gasteiger partial charge in [-0.15, -0.1) is 0 Å². The largest absolute Gasteiger partial charge is 0.465 e. The minimum atomic E-state index is -0.0166. The second-order valence-electron chi connectivity index (χ2n) is 8.25. The SMILES string of the molecule is CC(C)CCCCCCCCCCCCCCC(=O)OCC(C)C. The molecule has 0 fully saturated rings. The van der Waals surface area contributed by atoms with Crippen LogP contribution in [0.3, 0.4) is 0 Å². The first-order chi connectivity index (χ1) is 11.5. The summed E-state index contributed by atoms with van der Waals surface area (Å²) in [7, 11) is 0. The van der Waals surface area contributed by atoms with Crippen molar-refractivity contribution >= 4 is 5.97 Å². The molecule has 0 aromatic heterocycles. The normalized spacial score (nSPS) is 11.4. The highest BCUT2D eigenvalue weighted by molar-refractivity contribution is 5.69. The summed E-state index contributed by atoms with van der Waals surface area (Å²) in [6.07, 6.45) is 18.1. The van der Waals surface area contributed by atoms with E-state index in [2.05, 4.69) is 27.7 Å². The minimum absolute atomic E-state index is 0.0166. The van der Waals surface area contributed by atoms with Gasteiger partial charge in [-0.3, -0.25) is 4.79 Å². The first-order valence-electron chi connectivity index (χ1n) is 10.7. The van der Waals surface area contributed by atoms with Crippen LogP contribution in [0.2, 0.25) is 0 Å². The molecule has 0 N–H and O–H groups in total. The van der Waals surface area contributed by atoms with Gasteiger partial charge in [0.25, 0.3) is 0 Å². The van der Waals surface area contributed by atoms with Crippen LogP contribution in [0.1, 0.15) is 118 Å². The van der Waals surface area contributed by atoms with Gasteiger partial charge in [0.05, 0.1) is 6.61 Å². The number of esters is 1. The molecule has 0 aliphatic carbocycles. The van der Waals surface area contributed by atoms with Gasteiger partial charge in [-0.05, 0) is 18.3 Å². The van der Waals surface area contributed by atoms with Crippen molar-refractivity contribution in [2.45, 2.75) is 118 Å². The Kier molecular flexibility index (Phi) is 16.9. The van der Waals surface area contributed by atoms with Crippen molar-refractivity contribution in [3.8, 4) is 0 Å². The average Bonchev–Trinajstić information content (AvgIpc) is 2.52. The molecule has 0 aliphatic heterocycles. The van der Waals surface area contributed by atoms with Crippen LogP contribution in [-0.2, 0) is 9.53 Å². The van der Waals surface area contributed by atoms with E-state index in [4.69, 9.17) is 4.74 Å². The van der Waals surface area contributed by atoms with E-state index >= 15 is 0 Å². The monoisotopic (exact) mass is 340 g/mol. The molecule has 0 aromatic rings. The van der Waals surface area contributed by atoms with Gasteiger partial charge < -0.3 is 4.74 Å². The number of ether oxygens (including phenoxy) is 1. The van der Waals surface area contributed by atoms with E-state index in [1.54, 1.807) is 0 Å². The molecule has 0 spiro atoms. The lowest BCUT2D eigenvalue weighted by Crippen LogP contribution is -2.09. The summed E-state index contributed by atoms with van der Waals surface area (Å²) in [6.45, 7) is 9.34. The fourth-order valence-corrected chi connectivity index (χ4v) is 2.92. The number of unbranched alkanes of at least 4 members (excludes halogenated alkanes) is 11. The second kappa shape index (κ2) is 17.3. The maximum atomic E-state index is 11.5. The molecule has 0 rings (SSSR count). The molecule has 144 valence electrons. The third-order valence-electron chi connectivity index (χ3n) is 4.49.